The fourth-order valence-corrected chi connectivity index (χ4v) is 3.40. The summed E-state index contributed by atoms with van der Waals surface area (Å²) in [6, 6.07) is 5.71. The van der Waals surface area contributed by atoms with Crippen LogP contribution in [0.25, 0.3) is 0 Å². The Balaban J connectivity index is 2.47. The molecule has 1 aromatic carbocycles. The van der Waals surface area contributed by atoms with Crippen LogP contribution in [0.15, 0.2) is 46.0 Å². The molecule has 0 radical (unpaired) electrons. The summed E-state index contributed by atoms with van der Waals surface area (Å²) < 4.78 is 40.8. The second kappa shape index (κ2) is 5.76. The van der Waals surface area contributed by atoms with Crippen LogP contribution in [0.4, 0.5) is 15.8 Å². The molecule has 0 aliphatic heterocycles. The van der Waals surface area contributed by atoms with Gasteiger partial charge in [-0.2, -0.15) is 0 Å². The first-order chi connectivity index (χ1) is 9.45. The van der Waals surface area contributed by atoms with Gasteiger partial charge in [0.15, 0.2) is 0 Å². The van der Waals surface area contributed by atoms with Gasteiger partial charge in [0.25, 0.3) is 10.0 Å². The van der Waals surface area contributed by atoms with Gasteiger partial charge in [0.2, 0.25) is 0 Å². The zero-order chi connectivity index (χ0) is 14.8. The average Bonchev–Trinajstić information content (AvgIpc) is 2.43. The first-order valence-corrected chi connectivity index (χ1v) is 7.82. The molecule has 0 aliphatic rings. The maximum Gasteiger partial charge on any atom is 0.265 e. The lowest BCUT2D eigenvalue weighted by atomic mass is 10.3. The molecule has 1 aromatic heterocycles. The van der Waals surface area contributed by atoms with Crippen LogP contribution in [0.5, 0.6) is 0 Å². The summed E-state index contributed by atoms with van der Waals surface area (Å²) >= 11 is 3.11. The van der Waals surface area contributed by atoms with Crippen molar-refractivity contribution in [3.8, 4) is 0 Å². The number of halogens is 2. The van der Waals surface area contributed by atoms with E-state index in [2.05, 4.69) is 31.0 Å². The highest BCUT2D eigenvalue weighted by Crippen LogP contribution is 2.29. The monoisotopic (exact) mass is 359 g/mol. The molecular weight excluding hydrogens is 349 g/mol. The molecule has 20 heavy (non-hydrogen) atoms. The quantitative estimate of drug-likeness (QED) is 0.880. The van der Waals surface area contributed by atoms with Crippen LogP contribution >= 0.6 is 15.9 Å². The van der Waals surface area contributed by atoms with Gasteiger partial charge in [-0.3, -0.25) is 9.71 Å². The summed E-state index contributed by atoms with van der Waals surface area (Å²) in [6.07, 6.45) is 2.66. The number of nitrogens with zero attached hydrogens (tertiary/aromatic N) is 1. The molecule has 0 unspecified atom stereocenters. The smallest absolute Gasteiger partial charge is 0.265 e. The molecule has 5 nitrogen and oxygen atoms in total. The van der Waals surface area contributed by atoms with Gasteiger partial charge < -0.3 is 5.32 Å². The first kappa shape index (κ1) is 14.7. The molecule has 0 aliphatic carbocycles. The molecule has 8 heteroatoms. The summed E-state index contributed by atoms with van der Waals surface area (Å²) in [5.74, 6) is -0.669. The standard InChI is InChI=1S/C12H11BrFN3O2S/c1-15-10-5-6-16-7-11(10)20(18,19)17-12-8(13)3-2-4-9(12)14/h2-7,17H,1H3,(H,15,16). The molecule has 106 valence electrons. The van der Waals surface area contributed by atoms with Crippen LogP contribution in [-0.2, 0) is 10.0 Å². The SMILES string of the molecule is CNc1ccncc1S(=O)(=O)Nc1c(F)cccc1Br. The van der Waals surface area contributed by atoms with Crippen LogP contribution in [0.3, 0.4) is 0 Å². The molecule has 1 heterocycles. The van der Waals surface area contributed by atoms with E-state index in [4.69, 9.17) is 0 Å². The molecule has 0 amide bonds. The predicted molar refractivity (Wildman–Crippen MR) is 78.7 cm³/mol. The molecule has 0 atom stereocenters. The van der Waals surface area contributed by atoms with E-state index in [-0.39, 0.29) is 10.6 Å². The Labute approximate surface area is 124 Å². The number of anilines is 2. The van der Waals surface area contributed by atoms with Crippen LogP contribution < -0.4 is 10.0 Å². The molecule has 0 bridgehead atoms. The highest BCUT2D eigenvalue weighted by Gasteiger charge is 2.21. The van der Waals surface area contributed by atoms with E-state index >= 15 is 0 Å². The second-order valence-corrected chi connectivity index (χ2v) is 6.33. The lowest BCUT2D eigenvalue weighted by Crippen LogP contribution is -2.16. The van der Waals surface area contributed by atoms with Crippen molar-refractivity contribution < 1.29 is 12.8 Å². The number of sulfonamides is 1. The fraction of sp³-hybridized carbons (Fsp3) is 0.0833. The van der Waals surface area contributed by atoms with E-state index in [0.29, 0.717) is 10.2 Å². The van der Waals surface area contributed by atoms with Crippen molar-refractivity contribution in [1.82, 2.24) is 4.98 Å². The lowest BCUT2D eigenvalue weighted by molar-refractivity contribution is 0.598. The third kappa shape index (κ3) is 2.91. The molecule has 2 N–H and O–H groups in total. The lowest BCUT2D eigenvalue weighted by Gasteiger charge is -2.13. The van der Waals surface area contributed by atoms with Crippen LogP contribution in [-0.4, -0.2) is 20.4 Å². The van der Waals surface area contributed by atoms with Gasteiger partial charge in [0, 0.05) is 23.9 Å². The van der Waals surface area contributed by atoms with Crippen molar-refractivity contribution in [1.29, 1.82) is 0 Å². The number of para-hydroxylation sites is 1. The zero-order valence-corrected chi connectivity index (χ0v) is 12.8. The molecule has 0 fully saturated rings. The normalized spacial score (nSPS) is 11.2. The summed E-state index contributed by atoms with van der Waals surface area (Å²) in [5.41, 5.74) is 0.235. The Hall–Kier alpha value is -1.67. The van der Waals surface area contributed by atoms with E-state index in [1.54, 1.807) is 13.1 Å². The Bertz CT molecular complexity index is 717. The van der Waals surface area contributed by atoms with Crippen LogP contribution in [0.2, 0.25) is 0 Å². The summed E-state index contributed by atoms with van der Waals surface area (Å²) in [6.45, 7) is 0. The number of rotatable bonds is 4. The molecule has 0 saturated heterocycles. The maximum atomic E-state index is 13.7. The average molecular weight is 360 g/mol. The zero-order valence-electron chi connectivity index (χ0n) is 10.4. The van der Waals surface area contributed by atoms with Gasteiger partial charge in [-0.25, -0.2) is 12.8 Å². The molecule has 2 aromatic rings. The summed E-state index contributed by atoms with van der Waals surface area (Å²) in [7, 11) is -2.36. The van der Waals surface area contributed by atoms with Crippen molar-refractivity contribution in [2.45, 2.75) is 4.90 Å². The Morgan fingerprint density at radius 2 is 2.05 bits per heavy atom. The third-order valence-electron chi connectivity index (χ3n) is 2.54. The number of pyridine rings is 1. The van der Waals surface area contributed by atoms with E-state index in [1.807, 2.05) is 0 Å². The van der Waals surface area contributed by atoms with Crippen molar-refractivity contribution >= 4 is 37.3 Å². The van der Waals surface area contributed by atoms with Crippen molar-refractivity contribution in [2.24, 2.45) is 0 Å². The van der Waals surface area contributed by atoms with Crippen molar-refractivity contribution in [2.75, 3.05) is 17.1 Å². The van der Waals surface area contributed by atoms with Gasteiger partial charge in [-0.15, -0.1) is 0 Å². The highest BCUT2D eigenvalue weighted by atomic mass is 79.9. The Morgan fingerprint density at radius 1 is 1.30 bits per heavy atom. The molecular formula is C12H11BrFN3O2S. The topological polar surface area (TPSA) is 71.1 Å². The highest BCUT2D eigenvalue weighted by molar-refractivity contribution is 9.10. The Morgan fingerprint density at radius 3 is 2.70 bits per heavy atom. The maximum absolute atomic E-state index is 13.7. The number of aromatic nitrogens is 1. The van der Waals surface area contributed by atoms with Crippen molar-refractivity contribution in [3.63, 3.8) is 0 Å². The largest absolute Gasteiger partial charge is 0.387 e. The van der Waals surface area contributed by atoms with Crippen LogP contribution in [0.1, 0.15) is 0 Å². The first-order valence-electron chi connectivity index (χ1n) is 5.54. The third-order valence-corrected chi connectivity index (χ3v) is 4.58. The minimum absolute atomic E-state index is 0.0577. The minimum atomic E-state index is -3.95. The number of hydrogen-bond donors (Lipinski definition) is 2. The van der Waals surface area contributed by atoms with Crippen LogP contribution in [0, 0.1) is 5.82 Å². The van der Waals surface area contributed by atoms with E-state index in [9.17, 15) is 12.8 Å². The molecule has 0 spiro atoms. The number of nitrogens with one attached hydrogen (secondary N) is 2. The summed E-state index contributed by atoms with van der Waals surface area (Å²) in [5, 5.41) is 2.75. The fourth-order valence-electron chi connectivity index (χ4n) is 1.59. The van der Waals surface area contributed by atoms with Crippen molar-refractivity contribution in [3.05, 3.63) is 46.9 Å². The number of hydrogen-bond acceptors (Lipinski definition) is 4. The van der Waals surface area contributed by atoms with Gasteiger partial charge in [0.1, 0.15) is 10.7 Å². The van der Waals surface area contributed by atoms with E-state index in [1.165, 1.54) is 30.6 Å². The molecule has 0 saturated carbocycles. The minimum Gasteiger partial charge on any atom is -0.387 e. The second-order valence-electron chi connectivity index (χ2n) is 3.82. The van der Waals surface area contributed by atoms with E-state index in [0.717, 1.165) is 0 Å². The predicted octanol–water partition coefficient (Wildman–Crippen LogP) is 2.83. The van der Waals surface area contributed by atoms with Gasteiger partial charge in [-0.1, -0.05) is 6.07 Å². The van der Waals surface area contributed by atoms with Gasteiger partial charge in [0.05, 0.1) is 11.4 Å². The number of benzene rings is 1. The molecule has 2 rings (SSSR count). The van der Waals surface area contributed by atoms with Gasteiger partial charge in [-0.05, 0) is 34.1 Å². The van der Waals surface area contributed by atoms with E-state index < -0.39 is 15.8 Å². The van der Waals surface area contributed by atoms with Gasteiger partial charge >= 0.3 is 0 Å². The summed E-state index contributed by atoms with van der Waals surface area (Å²) in [4.78, 5) is 3.72. The Kier molecular flexibility index (Phi) is 4.24.